The molecule has 1 rings (SSSR count). The summed E-state index contributed by atoms with van der Waals surface area (Å²) in [5.41, 5.74) is -0.0314. The third-order valence-electron chi connectivity index (χ3n) is 1.67. The van der Waals surface area contributed by atoms with Crippen molar-refractivity contribution in [1.29, 1.82) is 5.26 Å². The molecule has 0 saturated heterocycles. The molecular weight excluding hydrogens is 265 g/mol. The third kappa shape index (κ3) is 2.54. The van der Waals surface area contributed by atoms with Gasteiger partial charge >= 0.3 is 5.97 Å². The predicted molar refractivity (Wildman–Crippen MR) is 54.8 cm³/mol. The Morgan fingerprint density at radius 2 is 2.33 bits per heavy atom. The maximum atomic E-state index is 13.1. The summed E-state index contributed by atoms with van der Waals surface area (Å²) in [6.45, 7) is 1.89. The quantitative estimate of drug-likeness (QED) is 0.777. The molecule has 0 saturated carbocycles. The van der Waals surface area contributed by atoms with Gasteiger partial charge in [-0.15, -0.1) is 0 Å². The summed E-state index contributed by atoms with van der Waals surface area (Å²) in [5.74, 6) is -1.25. The Morgan fingerprint density at radius 3 is 2.87 bits per heavy atom. The number of halogens is 2. The number of ether oxygens (including phenoxy) is 1. The molecular formula is C10H7BrFNO2. The maximum absolute atomic E-state index is 13.1. The fourth-order valence-corrected chi connectivity index (χ4v) is 1.48. The molecule has 0 aliphatic rings. The number of benzene rings is 1. The van der Waals surface area contributed by atoms with Crippen LogP contribution in [0.4, 0.5) is 4.39 Å². The Hall–Kier alpha value is -1.41. The zero-order valence-electron chi connectivity index (χ0n) is 7.88. The lowest BCUT2D eigenvalue weighted by atomic mass is 10.1. The molecule has 0 heterocycles. The number of carbonyl (C=O) groups excluding carboxylic acids is 1. The Kier molecular flexibility index (Phi) is 3.81. The molecule has 5 heteroatoms. The smallest absolute Gasteiger partial charge is 0.339 e. The normalized spacial score (nSPS) is 9.47. The zero-order chi connectivity index (χ0) is 11.4. The lowest BCUT2D eigenvalue weighted by Gasteiger charge is -2.04. The topological polar surface area (TPSA) is 50.1 Å². The monoisotopic (exact) mass is 271 g/mol. The van der Waals surface area contributed by atoms with Crippen LogP contribution in [-0.2, 0) is 4.74 Å². The van der Waals surface area contributed by atoms with Crippen LogP contribution < -0.4 is 0 Å². The summed E-state index contributed by atoms with van der Waals surface area (Å²) in [4.78, 5) is 11.4. The Balaban J connectivity index is 3.20. The van der Waals surface area contributed by atoms with Crippen molar-refractivity contribution in [1.82, 2.24) is 0 Å². The average molecular weight is 272 g/mol. The van der Waals surface area contributed by atoms with Crippen LogP contribution in [0.1, 0.15) is 22.8 Å². The molecule has 1 aromatic rings. The molecule has 0 N–H and O–H groups in total. The molecule has 0 radical (unpaired) electrons. The number of hydrogen-bond acceptors (Lipinski definition) is 3. The first-order valence-electron chi connectivity index (χ1n) is 4.16. The summed E-state index contributed by atoms with van der Waals surface area (Å²) in [5, 5.41) is 8.59. The van der Waals surface area contributed by atoms with E-state index in [9.17, 15) is 9.18 Å². The van der Waals surface area contributed by atoms with Crippen LogP contribution in [0.25, 0.3) is 0 Å². The molecule has 0 spiro atoms. The molecule has 1 aromatic carbocycles. The SMILES string of the molecule is CCOC(=O)c1cc(C#N)c(F)cc1Br. The van der Waals surface area contributed by atoms with Gasteiger partial charge in [-0.3, -0.25) is 0 Å². The van der Waals surface area contributed by atoms with Gasteiger partial charge in [0.15, 0.2) is 0 Å². The first-order chi connectivity index (χ1) is 7.10. The fourth-order valence-electron chi connectivity index (χ4n) is 1.000. The highest BCUT2D eigenvalue weighted by atomic mass is 79.9. The van der Waals surface area contributed by atoms with Crippen LogP contribution in [0.15, 0.2) is 16.6 Å². The minimum absolute atomic E-state index is 0.148. The van der Waals surface area contributed by atoms with E-state index in [1.54, 1.807) is 13.0 Å². The van der Waals surface area contributed by atoms with E-state index in [1.807, 2.05) is 0 Å². The molecule has 15 heavy (non-hydrogen) atoms. The largest absolute Gasteiger partial charge is 0.462 e. The predicted octanol–water partition coefficient (Wildman–Crippen LogP) is 2.64. The number of carbonyl (C=O) groups is 1. The average Bonchev–Trinajstić information content (AvgIpc) is 2.18. The summed E-state index contributed by atoms with van der Waals surface area (Å²) in [6, 6.07) is 3.89. The van der Waals surface area contributed by atoms with Gasteiger partial charge in [-0.1, -0.05) is 0 Å². The number of hydrogen-bond donors (Lipinski definition) is 0. The molecule has 0 fully saturated rings. The summed E-state index contributed by atoms with van der Waals surface area (Å²) in [6.07, 6.45) is 0. The van der Waals surface area contributed by atoms with E-state index in [0.717, 1.165) is 12.1 Å². The summed E-state index contributed by atoms with van der Waals surface area (Å²) in [7, 11) is 0. The molecule has 0 aromatic heterocycles. The van der Waals surface area contributed by atoms with E-state index in [2.05, 4.69) is 15.9 Å². The second kappa shape index (κ2) is 4.89. The molecule has 3 nitrogen and oxygen atoms in total. The van der Waals surface area contributed by atoms with Crippen molar-refractivity contribution < 1.29 is 13.9 Å². The summed E-state index contributed by atoms with van der Waals surface area (Å²) < 4.78 is 18.1. The second-order valence-electron chi connectivity index (χ2n) is 2.64. The lowest BCUT2D eigenvalue weighted by Crippen LogP contribution is -2.06. The molecule has 0 atom stereocenters. The van der Waals surface area contributed by atoms with Gasteiger partial charge in [0, 0.05) is 4.47 Å². The van der Waals surface area contributed by atoms with Gasteiger partial charge in [-0.2, -0.15) is 5.26 Å². The fraction of sp³-hybridized carbons (Fsp3) is 0.200. The number of esters is 1. The van der Waals surface area contributed by atoms with E-state index >= 15 is 0 Å². The number of rotatable bonds is 2. The van der Waals surface area contributed by atoms with Crippen molar-refractivity contribution in [3.63, 3.8) is 0 Å². The van der Waals surface area contributed by atoms with Crippen molar-refractivity contribution in [3.8, 4) is 6.07 Å². The second-order valence-corrected chi connectivity index (χ2v) is 3.50. The number of nitrogens with zero attached hydrogens (tertiary/aromatic N) is 1. The van der Waals surface area contributed by atoms with Crippen LogP contribution in [0.3, 0.4) is 0 Å². The zero-order valence-corrected chi connectivity index (χ0v) is 9.47. The van der Waals surface area contributed by atoms with Crippen LogP contribution in [0.2, 0.25) is 0 Å². The lowest BCUT2D eigenvalue weighted by molar-refractivity contribution is 0.0525. The highest BCUT2D eigenvalue weighted by Crippen LogP contribution is 2.21. The van der Waals surface area contributed by atoms with Crippen molar-refractivity contribution in [3.05, 3.63) is 33.5 Å². The van der Waals surface area contributed by atoms with Gasteiger partial charge in [0.1, 0.15) is 11.9 Å². The minimum Gasteiger partial charge on any atom is -0.462 e. The van der Waals surface area contributed by atoms with Crippen molar-refractivity contribution >= 4 is 21.9 Å². The van der Waals surface area contributed by atoms with E-state index in [4.69, 9.17) is 10.00 Å². The van der Waals surface area contributed by atoms with E-state index < -0.39 is 11.8 Å². The van der Waals surface area contributed by atoms with Gasteiger partial charge in [-0.25, -0.2) is 9.18 Å². The molecule has 0 aliphatic heterocycles. The molecule has 0 amide bonds. The highest BCUT2D eigenvalue weighted by molar-refractivity contribution is 9.10. The van der Waals surface area contributed by atoms with Crippen LogP contribution in [-0.4, -0.2) is 12.6 Å². The van der Waals surface area contributed by atoms with Gasteiger partial charge in [0.05, 0.1) is 17.7 Å². The van der Waals surface area contributed by atoms with Gasteiger partial charge in [0.25, 0.3) is 0 Å². The van der Waals surface area contributed by atoms with E-state index in [0.29, 0.717) is 0 Å². The molecule has 0 unspecified atom stereocenters. The third-order valence-corrected chi connectivity index (χ3v) is 2.33. The first-order valence-corrected chi connectivity index (χ1v) is 4.95. The first kappa shape index (κ1) is 11.7. The van der Waals surface area contributed by atoms with Crippen molar-refractivity contribution in [2.75, 3.05) is 6.61 Å². The van der Waals surface area contributed by atoms with Gasteiger partial charge < -0.3 is 4.74 Å². The molecule has 78 valence electrons. The number of nitriles is 1. The van der Waals surface area contributed by atoms with Crippen molar-refractivity contribution in [2.45, 2.75) is 6.92 Å². The van der Waals surface area contributed by atoms with Gasteiger partial charge in [-0.05, 0) is 35.0 Å². The molecule has 0 aliphatic carbocycles. The van der Waals surface area contributed by atoms with Gasteiger partial charge in [0.2, 0.25) is 0 Å². The summed E-state index contributed by atoms with van der Waals surface area (Å²) >= 11 is 3.03. The highest BCUT2D eigenvalue weighted by Gasteiger charge is 2.15. The van der Waals surface area contributed by atoms with Crippen LogP contribution >= 0.6 is 15.9 Å². The van der Waals surface area contributed by atoms with E-state index in [1.165, 1.54) is 0 Å². The minimum atomic E-state index is -0.669. The Morgan fingerprint density at radius 1 is 1.67 bits per heavy atom. The standard InChI is InChI=1S/C10H7BrFNO2/c1-2-15-10(14)7-3-6(5-13)9(12)4-8(7)11/h3-4H,2H2,1H3. The van der Waals surface area contributed by atoms with E-state index in [-0.39, 0.29) is 22.2 Å². The van der Waals surface area contributed by atoms with Crippen molar-refractivity contribution in [2.24, 2.45) is 0 Å². The Labute approximate surface area is 94.6 Å². The van der Waals surface area contributed by atoms with Crippen LogP contribution in [0, 0.1) is 17.1 Å². The van der Waals surface area contributed by atoms with Crippen LogP contribution in [0.5, 0.6) is 0 Å². The Bertz CT molecular complexity index is 440. The molecule has 0 bridgehead atoms. The maximum Gasteiger partial charge on any atom is 0.339 e.